The Morgan fingerprint density at radius 1 is 1.36 bits per heavy atom. The maximum absolute atomic E-state index is 11.6. The average Bonchev–Trinajstić information content (AvgIpc) is 2.16. The number of imide groups is 1. The SMILES string of the molecule is CN(C(=O)Cl)C(=O)c1ccccc1Br. The molecule has 0 aliphatic carbocycles. The van der Waals surface area contributed by atoms with Crippen LogP contribution in [0.15, 0.2) is 28.7 Å². The normalized spacial score (nSPS) is 9.64. The molecule has 0 unspecified atom stereocenters. The van der Waals surface area contributed by atoms with E-state index in [1.807, 2.05) is 0 Å². The predicted octanol–water partition coefficient (Wildman–Crippen LogP) is 2.88. The minimum absolute atomic E-state index is 0.406. The van der Waals surface area contributed by atoms with Gasteiger partial charge in [0.25, 0.3) is 5.91 Å². The first-order valence-electron chi connectivity index (χ1n) is 3.76. The highest BCUT2D eigenvalue weighted by Crippen LogP contribution is 2.17. The molecule has 0 atom stereocenters. The molecule has 0 aliphatic heterocycles. The highest BCUT2D eigenvalue weighted by Gasteiger charge is 2.18. The van der Waals surface area contributed by atoms with Gasteiger partial charge in [0.1, 0.15) is 0 Å². The molecule has 0 fully saturated rings. The van der Waals surface area contributed by atoms with Gasteiger partial charge in [0, 0.05) is 11.5 Å². The van der Waals surface area contributed by atoms with Crippen LogP contribution in [0.4, 0.5) is 4.79 Å². The molecule has 0 heterocycles. The lowest BCUT2D eigenvalue weighted by atomic mass is 10.2. The molecule has 0 bridgehead atoms. The number of amides is 2. The van der Waals surface area contributed by atoms with E-state index in [0.717, 1.165) is 4.90 Å². The van der Waals surface area contributed by atoms with Crippen LogP contribution in [0, 0.1) is 0 Å². The number of hydrogen-bond donors (Lipinski definition) is 0. The zero-order chi connectivity index (χ0) is 10.7. The quantitative estimate of drug-likeness (QED) is 0.584. The second kappa shape index (κ2) is 4.57. The monoisotopic (exact) mass is 275 g/mol. The number of hydrogen-bond acceptors (Lipinski definition) is 2. The molecule has 1 rings (SSSR count). The van der Waals surface area contributed by atoms with Gasteiger partial charge in [-0.25, -0.2) is 0 Å². The Labute approximate surface area is 94.8 Å². The summed E-state index contributed by atoms with van der Waals surface area (Å²) in [6.45, 7) is 0. The van der Waals surface area contributed by atoms with Gasteiger partial charge in [-0.1, -0.05) is 12.1 Å². The van der Waals surface area contributed by atoms with E-state index in [1.165, 1.54) is 7.05 Å². The fourth-order valence-electron chi connectivity index (χ4n) is 0.895. The van der Waals surface area contributed by atoms with E-state index in [-0.39, 0.29) is 0 Å². The van der Waals surface area contributed by atoms with Crippen LogP contribution in [0.5, 0.6) is 0 Å². The van der Waals surface area contributed by atoms with Crippen molar-refractivity contribution in [2.75, 3.05) is 7.05 Å². The van der Waals surface area contributed by atoms with Crippen molar-refractivity contribution in [2.24, 2.45) is 0 Å². The van der Waals surface area contributed by atoms with Crippen molar-refractivity contribution >= 4 is 38.8 Å². The number of benzene rings is 1. The number of nitrogens with zero attached hydrogens (tertiary/aromatic N) is 1. The minimum atomic E-state index is -0.800. The van der Waals surface area contributed by atoms with E-state index < -0.39 is 11.3 Å². The summed E-state index contributed by atoms with van der Waals surface area (Å²) in [5.74, 6) is -0.433. The lowest BCUT2D eigenvalue weighted by molar-refractivity contribution is 0.0846. The fraction of sp³-hybridized carbons (Fsp3) is 0.111. The van der Waals surface area contributed by atoms with E-state index in [2.05, 4.69) is 15.9 Å². The van der Waals surface area contributed by atoms with Gasteiger partial charge in [-0.3, -0.25) is 14.5 Å². The van der Waals surface area contributed by atoms with Crippen molar-refractivity contribution < 1.29 is 9.59 Å². The number of rotatable bonds is 1. The molecule has 0 spiro atoms. The molecular weight excluding hydrogens is 269 g/mol. The van der Waals surface area contributed by atoms with Crippen LogP contribution in [0.1, 0.15) is 10.4 Å². The second-order valence-corrected chi connectivity index (χ2v) is 3.77. The summed E-state index contributed by atoms with van der Waals surface area (Å²) in [6.07, 6.45) is 0. The summed E-state index contributed by atoms with van der Waals surface area (Å²) in [5.41, 5.74) is 0.406. The van der Waals surface area contributed by atoms with Crippen LogP contribution in [-0.4, -0.2) is 23.2 Å². The molecule has 0 N–H and O–H groups in total. The third-order valence-corrected chi connectivity index (χ3v) is 2.62. The standard InChI is InChI=1S/C9H7BrClNO2/c1-12(9(11)14)8(13)6-4-2-3-5-7(6)10/h2-5H,1H3. The van der Waals surface area contributed by atoms with Gasteiger partial charge >= 0.3 is 5.37 Å². The van der Waals surface area contributed by atoms with Gasteiger partial charge in [-0.15, -0.1) is 0 Å². The Hall–Kier alpha value is -0.870. The molecule has 0 aromatic heterocycles. The Morgan fingerprint density at radius 3 is 2.43 bits per heavy atom. The van der Waals surface area contributed by atoms with Crippen LogP contribution in [-0.2, 0) is 0 Å². The molecule has 1 aromatic carbocycles. The van der Waals surface area contributed by atoms with E-state index in [0.29, 0.717) is 10.0 Å². The topological polar surface area (TPSA) is 37.4 Å². The Balaban J connectivity index is 3.01. The largest absolute Gasteiger partial charge is 0.323 e. The molecule has 3 nitrogen and oxygen atoms in total. The van der Waals surface area contributed by atoms with Crippen LogP contribution in [0.25, 0.3) is 0 Å². The lowest BCUT2D eigenvalue weighted by Gasteiger charge is -2.11. The van der Waals surface area contributed by atoms with Crippen LogP contribution >= 0.6 is 27.5 Å². The van der Waals surface area contributed by atoms with Gasteiger partial charge in [0.05, 0.1) is 5.56 Å². The van der Waals surface area contributed by atoms with E-state index in [4.69, 9.17) is 11.6 Å². The first kappa shape index (κ1) is 11.2. The summed E-state index contributed by atoms with van der Waals surface area (Å²) in [7, 11) is 1.33. The summed E-state index contributed by atoms with van der Waals surface area (Å²) in [6, 6.07) is 6.83. The Kier molecular flexibility index (Phi) is 3.66. The van der Waals surface area contributed by atoms with E-state index >= 15 is 0 Å². The molecule has 0 saturated heterocycles. The van der Waals surface area contributed by atoms with Crippen LogP contribution in [0.2, 0.25) is 0 Å². The Bertz CT molecular complexity index is 381. The number of carbonyl (C=O) groups is 2. The highest BCUT2D eigenvalue weighted by atomic mass is 79.9. The van der Waals surface area contributed by atoms with Crippen molar-refractivity contribution in [1.29, 1.82) is 0 Å². The summed E-state index contributed by atoms with van der Waals surface area (Å²) in [4.78, 5) is 23.2. The second-order valence-electron chi connectivity index (χ2n) is 2.60. The smallest absolute Gasteiger partial charge is 0.269 e. The predicted molar refractivity (Wildman–Crippen MR) is 57.5 cm³/mol. The molecule has 0 saturated carbocycles. The molecule has 2 amide bonds. The molecule has 5 heteroatoms. The third kappa shape index (κ3) is 2.33. The van der Waals surface area contributed by atoms with Gasteiger partial charge in [-0.05, 0) is 39.7 Å². The zero-order valence-electron chi connectivity index (χ0n) is 7.33. The maximum atomic E-state index is 11.6. The highest BCUT2D eigenvalue weighted by molar-refractivity contribution is 9.10. The average molecular weight is 277 g/mol. The molecule has 0 radical (unpaired) electrons. The van der Waals surface area contributed by atoms with E-state index in [9.17, 15) is 9.59 Å². The van der Waals surface area contributed by atoms with Gasteiger partial charge < -0.3 is 0 Å². The number of carbonyl (C=O) groups excluding carboxylic acids is 2. The summed E-state index contributed by atoms with van der Waals surface area (Å²) >= 11 is 8.39. The maximum Gasteiger partial charge on any atom is 0.323 e. The molecular formula is C9H7BrClNO2. The van der Waals surface area contributed by atoms with Crippen molar-refractivity contribution in [3.8, 4) is 0 Å². The minimum Gasteiger partial charge on any atom is -0.269 e. The van der Waals surface area contributed by atoms with Crippen LogP contribution < -0.4 is 0 Å². The van der Waals surface area contributed by atoms with Crippen LogP contribution in [0.3, 0.4) is 0 Å². The zero-order valence-corrected chi connectivity index (χ0v) is 9.67. The molecule has 14 heavy (non-hydrogen) atoms. The first-order valence-corrected chi connectivity index (χ1v) is 4.93. The molecule has 1 aromatic rings. The van der Waals surface area contributed by atoms with Gasteiger partial charge in [-0.2, -0.15) is 0 Å². The fourth-order valence-corrected chi connectivity index (χ4v) is 1.43. The lowest BCUT2D eigenvalue weighted by Crippen LogP contribution is -2.29. The van der Waals surface area contributed by atoms with E-state index in [1.54, 1.807) is 24.3 Å². The molecule has 0 aliphatic rings. The van der Waals surface area contributed by atoms with Crippen molar-refractivity contribution in [3.63, 3.8) is 0 Å². The summed E-state index contributed by atoms with van der Waals surface area (Å²) in [5, 5.41) is -0.800. The summed E-state index contributed by atoms with van der Waals surface area (Å²) < 4.78 is 0.634. The van der Waals surface area contributed by atoms with Crippen molar-refractivity contribution in [2.45, 2.75) is 0 Å². The Morgan fingerprint density at radius 2 is 1.93 bits per heavy atom. The van der Waals surface area contributed by atoms with Crippen molar-refractivity contribution in [1.82, 2.24) is 4.90 Å². The van der Waals surface area contributed by atoms with Gasteiger partial charge in [0.15, 0.2) is 0 Å². The van der Waals surface area contributed by atoms with Crippen molar-refractivity contribution in [3.05, 3.63) is 34.3 Å². The molecule has 74 valence electrons. The third-order valence-electron chi connectivity index (χ3n) is 1.67. The first-order chi connectivity index (χ1) is 6.54. The van der Waals surface area contributed by atoms with Gasteiger partial charge in [0.2, 0.25) is 0 Å². The number of halogens is 2.